The molecule has 0 amide bonds. The van der Waals surface area contributed by atoms with E-state index in [9.17, 15) is 0 Å². The van der Waals surface area contributed by atoms with Crippen molar-refractivity contribution in [1.82, 2.24) is 0 Å². The van der Waals surface area contributed by atoms with Crippen LogP contribution < -0.4 is 10.6 Å². The van der Waals surface area contributed by atoms with E-state index < -0.39 is 0 Å². The van der Waals surface area contributed by atoms with Crippen molar-refractivity contribution in [1.29, 1.82) is 0 Å². The molecular formula is C16H25ClN2. The first-order valence-corrected chi connectivity index (χ1v) is 7.73. The lowest BCUT2D eigenvalue weighted by Crippen LogP contribution is -2.24. The summed E-state index contributed by atoms with van der Waals surface area (Å²) in [6.45, 7) is 7.47. The smallest absolute Gasteiger partial charge is 0.0471 e. The molecule has 0 saturated carbocycles. The molecule has 1 fully saturated rings. The molecular weight excluding hydrogens is 256 g/mol. The molecule has 1 aromatic carbocycles. The second-order valence-electron chi connectivity index (χ2n) is 5.90. The van der Waals surface area contributed by atoms with Gasteiger partial charge >= 0.3 is 0 Å². The molecule has 0 bridgehead atoms. The van der Waals surface area contributed by atoms with Crippen molar-refractivity contribution in [2.24, 2.45) is 17.6 Å². The summed E-state index contributed by atoms with van der Waals surface area (Å²) in [5.41, 5.74) is 7.93. The Morgan fingerprint density at radius 2 is 2.11 bits per heavy atom. The van der Waals surface area contributed by atoms with Crippen LogP contribution in [-0.2, 0) is 6.54 Å². The fourth-order valence-electron chi connectivity index (χ4n) is 2.95. The molecule has 1 heterocycles. The van der Waals surface area contributed by atoms with E-state index in [1.165, 1.54) is 24.9 Å². The van der Waals surface area contributed by atoms with Gasteiger partial charge in [-0.25, -0.2) is 0 Å². The van der Waals surface area contributed by atoms with Gasteiger partial charge in [0.05, 0.1) is 0 Å². The molecule has 2 N–H and O–H groups in total. The molecule has 1 saturated heterocycles. The average Bonchev–Trinajstić information content (AvgIpc) is 2.64. The third-order valence-electron chi connectivity index (χ3n) is 4.34. The van der Waals surface area contributed by atoms with Gasteiger partial charge in [0.1, 0.15) is 0 Å². The molecule has 2 nitrogen and oxygen atoms in total. The van der Waals surface area contributed by atoms with Crippen LogP contribution in [-0.4, -0.2) is 13.1 Å². The van der Waals surface area contributed by atoms with Crippen molar-refractivity contribution in [3.8, 4) is 0 Å². The number of nitrogens with zero attached hydrogens (tertiary/aromatic N) is 1. The number of hydrogen-bond donors (Lipinski definition) is 1. The highest BCUT2D eigenvalue weighted by Gasteiger charge is 2.19. The Labute approximate surface area is 121 Å². The highest BCUT2D eigenvalue weighted by Crippen LogP contribution is 2.29. The molecule has 1 atom stereocenters. The van der Waals surface area contributed by atoms with Crippen molar-refractivity contribution in [2.75, 3.05) is 18.0 Å². The number of nitrogens with two attached hydrogens (primary N) is 1. The molecule has 0 spiro atoms. The van der Waals surface area contributed by atoms with Gasteiger partial charge in [-0.05, 0) is 48.8 Å². The molecule has 106 valence electrons. The molecule has 1 unspecified atom stereocenters. The summed E-state index contributed by atoms with van der Waals surface area (Å²) >= 11 is 6.26. The summed E-state index contributed by atoms with van der Waals surface area (Å²) < 4.78 is 0. The molecule has 1 aliphatic heterocycles. The van der Waals surface area contributed by atoms with Gasteiger partial charge in [-0.1, -0.05) is 31.5 Å². The number of benzene rings is 1. The minimum Gasteiger partial charge on any atom is -0.371 e. The average molecular weight is 281 g/mol. The Morgan fingerprint density at radius 3 is 2.74 bits per heavy atom. The first kappa shape index (κ1) is 14.7. The normalized spacial score (nSPS) is 20.7. The zero-order chi connectivity index (χ0) is 13.8. The van der Waals surface area contributed by atoms with Crippen LogP contribution >= 0.6 is 11.6 Å². The molecule has 0 radical (unpaired) electrons. The van der Waals surface area contributed by atoms with Crippen molar-refractivity contribution in [2.45, 2.75) is 39.7 Å². The third-order valence-corrected chi connectivity index (χ3v) is 4.69. The van der Waals surface area contributed by atoms with Crippen LogP contribution in [0, 0.1) is 11.8 Å². The Bertz CT molecular complexity index is 417. The Morgan fingerprint density at radius 1 is 1.32 bits per heavy atom. The molecule has 0 aromatic heterocycles. The fraction of sp³-hybridized carbons (Fsp3) is 0.625. The molecule has 19 heavy (non-hydrogen) atoms. The summed E-state index contributed by atoms with van der Waals surface area (Å²) in [6.07, 6.45) is 3.91. The Kier molecular flexibility index (Phi) is 5.12. The number of rotatable bonds is 3. The second-order valence-corrected chi connectivity index (χ2v) is 6.31. The van der Waals surface area contributed by atoms with Crippen molar-refractivity contribution in [3.05, 3.63) is 28.8 Å². The quantitative estimate of drug-likeness (QED) is 0.905. The lowest BCUT2D eigenvalue weighted by atomic mass is 9.89. The van der Waals surface area contributed by atoms with Crippen LogP contribution in [0.1, 0.15) is 38.7 Å². The van der Waals surface area contributed by atoms with Crippen LogP contribution in [0.3, 0.4) is 0 Å². The summed E-state index contributed by atoms with van der Waals surface area (Å²) in [6, 6.07) is 6.28. The van der Waals surface area contributed by atoms with Crippen LogP contribution in [0.25, 0.3) is 0 Å². The van der Waals surface area contributed by atoms with Gasteiger partial charge in [0, 0.05) is 30.3 Å². The highest BCUT2D eigenvalue weighted by molar-refractivity contribution is 6.31. The molecule has 1 aliphatic rings. The van der Waals surface area contributed by atoms with E-state index in [1.54, 1.807) is 0 Å². The molecule has 0 aliphatic carbocycles. The maximum Gasteiger partial charge on any atom is 0.0471 e. The largest absolute Gasteiger partial charge is 0.371 e. The van der Waals surface area contributed by atoms with Crippen molar-refractivity contribution >= 4 is 17.3 Å². The van der Waals surface area contributed by atoms with E-state index in [0.717, 1.165) is 35.5 Å². The minimum absolute atomic E-state index is 0.508. The van der Waals surface area contributed by atoms with Gasteiger partial charge in [0.15, 0.2) is 0 Å². The Hall–Kier alpha value is -0.730. The van der Waals surface area contributed by atoms with E-state index in [2.05, 4.69) is 36.9 Å². The Balaban J connectivity index is 2.08. The van der Waals surface area contributed by atoms with Crippen LogP contribution in [0.2, 0.25) is 5.02 Å². The fourth-order valence-corrected chi connectivity index (χ4v) is 3.20. The van der Waals surface area contributed by atoms with Gasteiger partial charge in [-0.15, -0.1) is 0 Å². The summed E-state index contributed by atoms with van der Waals surface area (Å²) in [7, 11) is 0. The predicted octanol–water partition coefficient (Wildman–Crippen LogP) is 4.06. The van der Waals surface area contributed by atoms with Crippen molar-refractivity contribution in [3.63, 3.8) is 0 Å². The van der Waals surface area contributed by atoms with Gasteiger partial charge in [0.2, 0.25) is 0 Å². The first-order valence-electron chi connectivity index (χ1n) is 7.35. The predicted molar refractivity (Wildman–Crippen MR) is 83.7 cm³/mol. The SMILES string of the molecule is CC(C)C1CCCN(c2ccc(CN)c(Cl)c2)CC1. The van der Waals surface area contributed by atoms with Crippen LogP contribution in [0.4, 0.5) is 5.69 Å². The van der Waals surface area contributed by atoms with E-state index in [1.807, 2.05) is 0 Å². The van der Waals surface area contributed by atoms with Gasteiger partial charge in [-0.3, -0.25) is 0 Å². The zero-order valence-electron chi connectivity index (χ0n) is 12.0. The number of hydrogen-bond acceptors (Lipinski definition) is 2. The first-order chi connectivity index (χ1) is 9.11. The van der Waals surface area contributed by atoms with Gasteiger partial charge in [0.25, 0.3) is 0 Å². The van der Waals surface area contributed by atoms with Crippen molar-refractivity contribution < 1.29 is 0 Å². The molecule has 3 heteroatoms. The summed E-state index contributed by atoms with van der Waals surface area (Å²) in [4.78, 5) is 2.47. The van der Waals surface area contributed by atoms with E-state index in [4.69, 9.17) is 17.3 Å². The monoisotopic (exact) mass is 280 g/mol. The zero-order valence-corrected chi connectivity index (χ0v) is 12.8. The second kappa shape index (κ2) is 6.62. The van der Waals surface area contributed by atoms with Gasteiger partial charge < -0.3 is 10.6 Å². The van der Waals surface area contributed by atoms with Gasteiger partial charge in [-0.2, -0.15) is 0 Å². The highest BCUT2D eigenvalue weighted by atomic mass is 35.5. The van der Waals surface area contributed by atoms with E-state index >= 15 is 0 Å². The van der Waals surface area contributed by atoms with Crippen LogP contribution in [0.15, 0.2) is 18.2 Å². The van der Waals surface area contributed by atoms with E-state index in [-0.39, 0.29) is 0 Å². The van der Waals surface area contributed by atoms with Crippen LogP contribution in [0.5, 0.6) is 0 Å². The number of anilines is 1. The minimum atomic E-state index is 0.508. The number of halogens is 1. The summed E-state index contributed by atoms with van der Waals surface area (Å²) in [5.74, 6) is 1.66. The standard InChI is InChI=1S/C16H25ClN2/c1-12(2)13-4-3-8-19(9-7-13)15-6-5-14(11-18)16(17)10-15/h5-6,10,12-13H,3-4,7-9,11,18H2,1-2H3. The lowest BCUT2D eigenvalue weighted by molar-refractivity contribution is 0.351. The molecule has 1 aromatic rings. The maximum atomic E-state index is 6.26. The molecule has 2 rings (SSSR count). The third kappa shape index (κ3) is 3.64. The lowest BCUT2D eigenvalue weighted by Gasteiger charge is -2.24. The summed E-state index contributed by atoms with van der Waals surface area (Å²) in [5, 5.41) is 0.796. The topological polar surface area (TPSA) is 29.3 Å². The van der Waals surface area contributed by atoms with E-state index in [0.29, 0.717) is 6.54 Å². The maximum absolute atomic E-state index is 6.26.